The number of urea groups is 1. The molecular formula is C33H34N8O5S. The van der Waals surface area contributed by atoms with E-state index in [0.29, 0.717) is 16.6 Å². The molecule has 6 rings (SSSR count). The number of nitrogens with zero attached hydrogens (tertiary/aromatic N) is 6. The number of nitrogens with one attached hydrogen (secondary N) is 1. The average molecular weight is 655 g/mol. The third kappa shape index (κ3) is 6.49. The number of carbonyl (C=O) groups is 3. The number of thiazole rings is 1. The predicted molar refractivity (Wildman–Crippen MR) is 175 cm³/mol. The Kier molecular flexibility index (Phi) is 9.10. The largest absolute Gasteiger partial charge is 0.497 e. The first-order chi connectivity index (χ1) is 22.8. The number of hydrogen-bond acceptors (Lipinski definition) is 10. The highest BCUT2D eigenvalue weighted by Crippen LogP contribution is 2.32. The summed E-state index contributed by atoms with van der Waals surface area (Å²) in [4.78, 5) is 49.2. The van der Waals surface area contributed by atoms with E-state index in [1.54, 1.807) is 41.2 Å². The monoisotopic (exact) mass is 654 g/mol. The minimum Gasteiger partial charge on any atom is -0.497 e. The number of fused-ring (bicyclic) bond motifs is 2. The summed E-state index contributed by atoms with van der Waals surface area (Å²) in [7, 11) is 3.16. The van der Waals surface area contributed by atoms with E-state index in [-0.39, 0.29) is 51.0 Å². The molecule has 1 aromatic heterocycles. The van der Waals surface area contributed by atoms with Crippen LogP contribution in [0.4, 0.5) is 9.93 Å². The molecular weight excluding hydrogens is 620 g/mol. The number of rotatable bonds is 10. The lowest BCUT2D eigenvalue weighted by atomic mass is 9.99. The number of anilines is 1. The van der Waals surface area contributed by atoms with Gasteiger partial charge >= 0.3 is 6.03 Å². The summed E-state index contributed by atoms with van der Waals surface area (Å²) in [5, 5.41) is 15.9. The fraction of sp³-hybridized carbons (Fsp3) is 0.303. The molecule has 14 heteroatoms. The number of piperazine rings is 1. The molecule has 4 amide bonds. The third-order valence-electron chi connectivity index (χ3n) is 8.40. The lowest BCUT2D eigenvalue weighted by Gasteiger charge is -2.46. The molecule has 0 aliphatic carbocycles. The molecule has 3 N–H and O–H groups in total. The lowest BCUT2D eigenvalue weighted by Crippen LogP contribution is -2.66. The van der Waals surface area contributed by atoms with Gasteiger partial charge in [-0.2, -0.15) is 10.3 Å². The second kappa shape index (κ2) is 13.5. The van der Waals surface area contributed by atoms with Crippen LogP contribution in [0, 0.1) is 11.3 Å². The molecule has 2 saturated heterocycles. The van der Waals surface area contributed by atoms with E-state index in [9.17, 15) is 19.6 Å². The van der Waals surface area contributed by atoms with Gasteiger partial charge in [0.05, 0.1) is 43.6 Å². The molecule has 3 aromatic carbocycles. The van der Waals surface area contributed by atoms with Crippen molar-refractivity contribution in [2.24, 2.45) is 0 Å². The van der Waals surface area contributed by atoms with Crippen LogP contribution in [0.25, 0.3) is 10.2 Å². The Morgan fingerprint density at radius 2 is 1.74 bits per heavy atom. The van der Waals surface area contributed by atoms with Gasteiger partial charge in [0.25, 0.3) is 0 Å². The molecule has 4 aromatic rings. The highest BCUT2D eigenvalue weighted by Gasteiger charge is 2.52. The van der Waals surface area contributed by atoms with Gasteiger partial charge in [-0.3, -0.25) is 9.59 Å². The summed E-state index contributed by atoms with van der Waals surface area (Å²) in [6, 6.07) is 21.0. The molecule has 0 radical (unpaired) electrons. The predicted octanol–water partition coefficient (Wildman–Crippen LogP) is 2.97. The number of nitrogens with two attached hydrogens (primary N) is 1. The van der Waals surface area contributed by atoms with Gasteiger partial charge in [-0.15, -0.1) is 0 Å². The topological polar surface area (TPSA) is 157 Å². The van der Waals surface area contributed by atoms with Gasteiger partial charge in [0, 0.05) is 19.5 Å². The highest BCUT2D eigenvalue weighted by atomic mass is 32.1. The van der Waals surface area contributed by atoms with Gasteiger partial charge in [-0.05, 0) is 47.0 Å². The number of hydrogen-bond donors (Lipinski definition) is 2. The van der Waals surface area contributed by atoms with E-state index in [0.717, 1.165) is 26.9 Å². The van der Waals surface area contributed by atoms with Gasteiger partial charge in [0.15, 0.2) is 5.13 Å². The summed E-state index contributed by atoms with van der Waals surface area (Å²) in [5.74, 6) is 0.844. The lowest BCUT2D eigenvalue weighted by molar-refractivity contribution is -0.157. The van der Waals surface area contributed by atoms with Crippen LogP contribution in [0.5, 0.6) is 11.5 Å². The maximum absolute atomic E-state index is 14.2. The molecule has 47 heavy (non-hydrogen) atoms. The standard InChI is InChI=1S/C33H34N8O5S/c1-45-24-10-6-21(7-11-24)16-26-31(43)38(18-23-4-3-5-27-30(23)37-32(35)47-27)19-28-40(20-29(42)41(26)28)39(15-14-34)33(44)36-17-22-8-12-25(46-2)13-9-22/h3-13,26,28H,15-20H2,1-2H3,(H2,35,37)(H,36,44)/t26-,28+/m0/s1. The molecule has 2 fully saturated rings. The Hall–Kier alpha value is -5.39. The first-order valence-electron chi connectivity index (χ1n) is 15.0. The van der Waals surface area contributed by atoms with Gasteiger partial charge in [0.2, 0.25) is 11.8 Å². The van der Waals surface area contributed by atoms with Gasteiger partial charge in [-0.25, -0.2) is 14.8 Å². The zero-order valence-corrected chi connectivity index (χ0v) is 26.8. The summed E-state index contributed by atoms with van der Waals surface area (Å²) in [6.07, 6.45) is -0.436. The maximum Gasteiger partial charge on any atom is 0.333 e. The van der Waals surface area contributed by atoms with Crippen molar-refractivity contribution in [3.05, 3.63) is 83.4 Å². The van der Waals surface area contributed by atoms with E-state index in [1.165, 1.54) is 16.3 Å². The van der Waals surface area contributed by atoms with Crippen LogP contribution >= 0.6 is 11.3 Å². The molecule has 2 aliphatic heterocycles. The number of para-hydroxylation sites is 1. The number of aromatic nitrogens is 1. The van der Waals surface area contributed by atoms with Crippen LogP contribution in [-0.4, -0.2) is 88.7 Å². The molecule has 3 heterocycles. The van der Waals surface area contributed by atoms with Crippen molar-refractivity contribution in [3.8, 4) is 17.6 Å². The Labute approximate surface area is 275 Å². The van der Waals surface area contributed by atoms with E-state index in [1.807, 2.05) is 54.6 Å². The van der Waals surface area contributed by atoms with Crippen molar-refractivity contribution < 1.29 is 23.9 Å². The Morgan fingerprint density at radius 3 is 2.40 bits per heavy atom. The van der Waals surface area contributed by atoms with Crippen LogP contribution in [0.2, 0.25) is 0 Å². The first-order valence-corrected chi connectivity index (χ1v) is 15.8. The molecule has 2 atom stereocenters. The average Bonchev–Trinajstić information content (AvgIpc) is 3.63. The summed E-state index contributed by atoms with van der Waals surface area (Å²) in [6.45, 7) is 0.0911. The van der Waals surface area contributed by atoms with Crippen LogP contribution in [0.3, 0.4) is 0 Å². The van der Waals surface area contributed by atoms with Crippen molar-refractivity contribution >= 4 is 44.5 Å². The van der Waals surface area contributed by atoms with Crippen molar-refractivity contribution in [3.63, 3.8) is 0 Å². The fourth-order valence-corrected chi connectivity index (χ4v) is 6.87. The molecule has 0 bridgehead atoms. The Morgan fingerprint density at radius 1 is 1.06 bits per heavy atom. The van der Waals surface area contributed by atoms with Crippen molar-refractivity contribution in [1.29, 1.82) is 5.26 Å². The normalized spacial score (nSPS) is 17.8. The van der Waals surface area contributed by atoms with E-state index >= 15 is 0 Å². The second-order valence-electron chi connectivity index (χ2n) is 11.2. The summed E-state index contributed by atoms with van der Waals surface area (Å²) in [5.41, 5.74) is 9.23. The number of benzene rings is 3. The van der Waals surface area contributed by atoms with E-state index in [4.69, 9.17) is 15.2 Å². The zero-order valence-electron chi connectivity index (χ0n) is 26.0. The number of ether oxygens (including phenoxy) is 2. The quantitative estimate of drug-likeness (QED) is 0.245. The van der Waals surface area contributed by atoms with Crippen molar-refractivity contribution in [2.75, 3.05) is 39.6 Å². The van der Waals surface area contributed by atoms with E-state index in [2.05, 4.69) is 16.4 Å². The van der Waals surface area contributed by atoms with Crippen molar-refractivity contribution in [2.45, 2.75) is 31.7 Å². The van der Waals surface area contributed by atoms with Gasteiger partial charge in [0.1, 0.15) is 30.3 Å². The number of hydrazine groups is 1. The van der Waals surface area contributed by atoms with Crippen LogP contribution in [-0.2, 0) is 29.1 Å². The maximum atomic E-state index is 14.2. The van der Waals surface area contributed by atoms with Crippen LogP contribution in [0.1, 0.15) is 16.7 Å². The minimum absolute atomic E-state index is 0.118. The minimum atomic E-state index is -0.842. The Bertz CT molecular complexity index is 1820. The van der Waals surface area contributed by atoms with Crippen LogP contribution in [0.15, 0.2) is 66.7 Å². The fourth-order valence-electron chi connectivity index (χ4n) is 6.09. The first kappa shape index (κ1) is 31.6. The molecule has 2 aliphatic rings. The third-order valence-corrected chi connectivity index (χ3v) is 9.25. The number of methoxy groups -OCH3 is 2. The number of nitriles is 1. The summed E-state index contributed by atoms with van der Waals surface area (Å²) >= 11 is 1.37. The zero-order chi connectivity index (χ0) is 33.1. The van der Waals surface area contributed by atoms with Crippen molar-refractivity contribution in [1.82, 2.24) is 30.1 Å². The van der Waals surface area contributed by atoms with Crippen LogP contribution < -0.4 is 20.5 Å². The smallest absolute Gasteiger partial charge is 0.333 e. The number of nitrogen functional groups attached to an aromatic ring is 1. The molecule has 242 valence electrons. The molecule has 0 unspecified atom stereocenters. The number of amides is 4. The molecule has 13 nitrogen and oxygen atoms in total. The Balaban J connectivity index is 1.30. The molecule has 0 spiro atoms. The number of carbonyl (C=O) groups excluding carboxylic acids is 3. The SMILES string of the molecule is COc1ccc(CNC(=O)N(CC#N)N2CC(=O)N3[C@@H](Cc4ccc(OC)cc4)C(=O)N(Cc4cccc5sc(N)nc45)C[C@@H]32)cc1. The highest BCUT2D eigenvalue weighted by molar-refractivity contribution is 7.22. The van der Waals surface area contributed by atoms with E-state index < -0.39 is 18.2 Å². The van der Waals surface area contributed by atoms with Gasteiger partial charge < -0.3 is 30.3 Å². The van der Waals surface area contributed by atoms with Gasteiger partial charge in [-0.1, -0.05) is 47.7 Å². The second-order valence-corrected chi connectivity index (χ2v) is 12.3. The molecule has 0 saturated carbocycles. The summed E-state index contributed by atoms with van der Waals surface area (Å²) < 4.78 is 11.4.